The number of alkyl halides is 1. The van der Waals surface area contributed by atoms with Crippen molar-refractivity contribution in [3.05, 3.63) is 12.2 Å². The van der Waals surface area contributed by atoms with E-state index < -0.39 is 5.97 Å². The molecule has 0 aliphatic heterocycles. The Morgan fingerprint density at radius 1 is 1.60 bits per heavy atom. The number of aliphatic carboxylic acids is 1. The fraction of sp³-hybridized carbons (Fsp3) is 0.286. The molecule has 0 bridgehead atoms. The highest BCUT2D eigenvalue weighted by Gasteiger charge is 1.80. The molecule has 0 atom stereocenters. The van der Waals surface area contributed by atoms with Gasteiger partial charge in [0.1, 0.15) is 0 Å². The van der Waals surface area contributed by atoms with E-state index in [1.165, 1.54) is 6.08 Å². The fourth-order valence-electron chi connectivity index (χ4n) is 0.338. The zero-order valence-corrected chi connectivity index (χ0v) is 6.89. The number of carboxylic acids is 1. The maximum atomic E-state index is 9.89. The lowest BCUT2D eigenvalue weighted by Gasteiger charge is -1.75. The summed E-state index contributed by atoms with van der Waals surface area (Å²) in [6, 6.07) is 0. The van der Waals surface area contributed by atoms with Gasteiger partial charge in [-0.05, 0) is 0 Å². The molecule has 0 fully saturated rings. The predicted octanol–water partition coefficient (Wildman–Crippen LogP) is 1.42. The molecule has 2 nitrogen and oxygen atoms in total. The molecule has 0 radical (unpaired) electrons. The first-order valence-corrected chi connectivity index (χ1v) is 3.80. The van der Waals surface area contributed by atoms with Gasteiger partial charge in [0.2, 0.25) is 0 Å². The van der Waals surface area contributed by atoms with Gasteiger partial charge >= 0.3 is 5.97 Å². The molecule has 0 saturated carbocycles. The van der Waals surface area contributed by atoms with E-state index >= 15 is 0 Å². The zero-order valence-electron chi connectivity index (χ0n) is 5.30. The summed E-state index contributed by atoms with van der Waals surface area (Å²) in [4.78, 5) is 9.89. The Hall–Kier alpha value is -0.750. The van der Waals surface area contributed by atoms with E-state index in [-0.39, 0.29) is 0 Å². The van der Waals surface area contributed by atoms with Crippen molar-refractivity contribution < 1.29 is 9.90 Å². The summed E-state index contributed by atoms with van der Waals surface area (Å²) < 4.78 is 0. The van der Waals surface area contributed by atoms with Crippen molar-refractivity contribution in [3.63, 3.8) is 0 Å². The second-order valence-electron chi connectivity index (χ2n) is 1.43. The lowest BCUT2D eigenvalue weighted by atomic mass is 10.4. The largest absolute Gasteiger partial charge is 0.478 e. The molecule has 1 N–H and O–H groups in total. The van der Waals surface area contributed by atoms with Gasteiger partial charge in [0.05, 0.1) is 5.33 Å². The van der Waals surface area contributed by atoms with E-state index in [1.807, 2.05) is 0 Å². The third-order valence-electron chi connectivity index (χ3n) is 0.672. The van der Waals surface area contributed by atoms with Crippen LogP contribution in [0.2, 0.25) is 0 Å². The summed E-state index contributed by atoms with van der Waals surface area (Å²) in [6.45, 7) is 0. The molecule has 0 aromatic heterocycles. The summed E-state index contributed by atoms with van der Waals surface area (Å²) in [5, 5.41) is 8.76. The average molecular weight is 203 g/mol. The van der Waals surface area contributed by atoms with Crippen LogP contribution in [0.15, 0.2) is 12.2 Å². The van der Waals surface area contributed by atoms with E-state index in [4.69, 9.17) is 5.11 Å². The van der Waals surface area contributed by atoms with Crippen molar-refractivity contribution in [3.8, 4) is 11.8 Å². The van der Waals surface area contributed by atoms with Crippen LogP contribution in [0, 0.1) is 11.8 Å². The van der Waals surface area contributed by atoms with Gasteiger partial charge in [0.25, 0.3) is 0 Å². The van der Waals surface area contributed by atoms with Crippen LogP contribution in [0.4, 0.5) is 0 Å². The Morgan fingerprint density at radius 2 is 2.30 bits per heavy atom. The highest BCUT2D eigenvalue weighted by atomic mass is 79.9. The molecule has 0 amide bonds. The lowest BCUT2D eigenvalue weighted by molar-refractivity contribution is -0.131. The molecule has 0 aromatic rings. The first-order valence-electron chi connectivity index (χ1n) is 2.68. The molecular formula is C7H7BrO2. The van der Waals surface area contributed by atoms with Gasteiger partial charge in [-0.2, -0.15) is 0 Å². The summed E-state index contributed by atoms with van der Waals surface area (Å²) in [6.07, 6.45) is 3.10. The monoisotopic (exact) mass is 202 g/mol. The van der Waals surface area contributed by atoms with Crippen molar-refractivity contribution >= 4 is 21.9 Å². The molecule has 0 aliphatic carbocycles. The van der Waals surface area contributed by atoms with E-state index in [0.717, 1.165) is 6.08 Å². The zero-order chi connectivity index (χ0) is 7.82. The third kappa shape index (κ3) is 7.25. The summed E-state index contributed by atoms with van der Waals surface area (Å²) in [7, 11) is 0. The molecule has 0 heterocycles. The second kappa shape index (κ2) is 6.37. The van der Waals surface area contributed by atoms with Crippen molar-refractivity contribution in [2.45, 2.75) is 6.42 Å². The standard InChI is InChI=1S/C7H7BrO2/c8-6-4-2-1-3-5-7(9)10/h3,5H,1,6H2,(H,9,10)/b5-3+. The highest BCUT2D eigenvalue weighted by molar-refractivity contribution is 9.09. The van der Waals surface area contributed by atoms with Crippen LogP contribution >= 0.6 is 15.9 Å². The van der Waals surface area contributed by atoms with Crippen LogP contribution in [0.1, 0.15) is 6.42 Å². The van der Waals surface area contributed by atoms with Gasteiger partial charge in [-0.15, -0.1) is 0 Å². The van der Waals surface area contributed by atoms with Gasteiger partial charge in [-0.3, -0.25) is 0 Å². The van der Waals surface area contributed by atoms with E-state index in [1.54, 1.807) is 0 Å². The Bertz CT molecular complexity index is 186. The average Bonchev–Trinajstić information content (AvgIpc) is 1.87. The number of carboxylic acid groups (broad SMARTS) is 1. The van der Waals surface area contributed by atoms with Gasteiger partial charge in [0, 0.05) is 12.5 Å². The van der Waals surface area contributed by atoms with Crippen LogP contribution in [-0.2, 0) is 4.79 Å². The van der Waals surface area contributed by atoms with Crippen LogP contribution in [0.5, 0.6) is 0 Å². The summed E-state index contributed by atoms with van der Waals surface area (Å²) in [5.74, 6) is 4.56. The third-order valence-corrected chi connectivity index (χ3v) is 0.953. The van der Waals surface area contributed by atoms with Crippen LogP contribution in [0.3, 0.4) is 0 Å². The number of carbonyl (C=O) groups is 1. The quantitative estimate of drug-likeness (QED) is 0.418. The Labute approximate surface area is 68.1 Å². The maximum absolute atomic E-state index is 9.89. The Balaban J connectivity index is 3.45. The predicted molar refractivity (Wildman–Crippen MR) is 43.0 cm³/mol. The fourth-order valence-corrected chi connectivity index (χ4v) is 0.536. The molecule has 0 aromatic carbocycles. The van der Waals surface area contributed by atoms with Crippen molar-refractivity contribution in [2.75, 3.05) is 5.33 Å². The SMILES string of the molecule is O=C(O)/C=C/CC#CCBr. The number of halogens is 1. The van der Waals surface area contributed by atoms with Gasteiger partial charge in [-0.25, -0.2) is 4.79 Å². The lowest BCUT2D eigenvalue weighted by Crippen LogP contribution is -1.84. The first-order chi connectivity index (χ1) is 4.77. The topological polar surface area (TPSA) is 37.3 Å². The van der Waals surface area contributed by atoms with Gasteiger partial charge < -0.3 is 5.11 Å². The molecule has 0 saturated heterocycles. The minimum Gasteiger partial charge on any atom is -0.478 e. The highest BCUT2D eigenvalue weighted by Crippen LogP contribution is 1.81. The molecule has 0 spiro atoms. The second-order valence-corrected chi connectivity index (χ2v) is 1.99. The van der Waals surface area contributed by atoms with E-state index in [0.29, 0.717) is 11.8 Å². The maximum Gasteiger partial charge on any atom is 0.328 e. The number of hydrogen-bond donors (Lipinski definition) is 1. The number of hydrogen-bond acceptors (Lipinski definition) is 1. The van der Waals surface area contributed by atoms with Crippen molar-refractivity contribution in [1.29, 1.82) is 0 Å². The summed E-state index contributed by atoms with van der Waals surface area (Å²) in [5.41, 5.74) is 0. The van der Waals surface area contributed by atoms with Gasteiger partial charge in [0.15, 0.2) is 0 Å². The first kappa shape index (κ1) is 9.25. The molecule has 54 valence electrons. The molecule has 0 unspecified atom stereocenters. The van der Waals surface area contributed by atoms with E-state index in [2.05, 4.69) is 27.8 Å². The molecule has 0 aliphatic rings. The van der Waals surface area contributed by atoms with Crippen molar-refractivity contribution in [1.82, 2.24) is 0 Å². The Kier molecular flexibility index (Phi) is 5.89. The molecule has 3 heteroatoms. The Morgan fingerprint density at radius 3 is 2.80 bits per heavy atom. The molecule has 10 heavy (non-hydrogen) atoms. The van der Waals surface area contributed by atoms with Crippen LogP contribution < -0.4 is 0 Å². The smallest absolute Gasteiger partial charge is 0.328 e. The number of rotatable bonds is 2. The van der Waals surface area contributed by atoms with Crippen molar-refractivity contribution in [2.24, 2.45) is 0 Å². The van der Waals surface area contributed by atoms with Gasteiger partial charge in [-0.1, -0.05) is 33.8 Å². The molecule has 0 rings (SSSR count). The minimum absolute atomic E-state index is 0.498. The minimum atomic E-state index is -0.930. The van der Waals surface area contributed by atoms with Crippen LogP contribution in [-0.4, -0.2) is 16.4 Å². The van der Waals surface area contributed by atoms with E-state index in [9.17, 15) is 4.79 Å². The number of allylic oxidation sites excluding steroid dienone is 1. The van der Waals surface area contributed by atoms with Crippen LogP contribution in [0.25, 0.3) is 0 Å². The summed E-state index contributed by atoms with van der Waals surface area (Å²) >= 11 is 3.12. The normalized spacial score (nSPS) is 8.90. The molecular weight excluding hydrogens is 196 g/mol.